The fraction of sp³-hybridized carbons (Fsp3) is 0.267. The maximum atomic E-state index is 4.87. The number of azo groups is 1. The third kappa shape index (κ3) is 4.64. The van der Waals surface area contributed by atoms with E-state index in [1.165, 1.54) is 11.3 Å². The Balaban J connectivity index is 1.42. The minimum atomic E-state index is -0.0681. The van der Waals surface area contributed by atoms with Gasteiger partial charge < -0.3 is 10.2 Å². The summed E-state index contributed by atoms with van der Waals surface area (Å²) in [4.78, 5) is 12.1. The van der Waals surface area contributed by atoms with Gasteiger partial charge in [0.1, 0.15) is 11.7 Å². The molecule has 0 saturated carbocycles. The van der Waals surface area contributed by atoms with Crippen LogP contribution in [0.2, 0.25) is 0 Å². The number of hydrogen-bond acceptors (Lipinski definition) is 6. The largest absolute Gasteiger partial charge is 0.369 e. The van der Waals surface area contributed by atoms with Crippen molar-refractivity contribution in [2.24, 2.45) is 10.2 Å². The molecule has 2 aliphatic rings. The first-order valence-corrected chi connectivity index (χ1v) is 12.7. The first-order chi connectivity index (χ1) is 17.7. The molecular formula is C30H30N6. The monoisotopic (exact) mass is 474 g/mol. The van der Waals surface area contributed by atoms with E-state index in [4.69, 9.17) is 20.2 Å². The van der Waals surface area contributed by atoms with Crippen LogP contribution in [-0.2, 0) is 6.42 Å². The summed E-state index contributed by atoms with van der Waals surface area (Å²) in [5.41, 5.74) is 8.38. The lowest BCUT2D eigenvalue weighted by Crippen LogP contribution is -2.27. The van der Waals surface area contributed by atoms with Crippen LogP contribution >= 0.6 is 0 Å². The molecule has 1 saturated heterocycles. The number of aryl methyl sites for hydroxylation is 1. The van der Waals surface area contributed by atoms with Crippen LogP contribution in [0.1, 0.15) is 28.9 Å². The van der Waals surface area contributed by atoms with E-state index in [-0.39, 0.29) is 6.04 Å². The summed E-state index contributed by atoms with van der Waals surface area (Å²) in [6, 6.07) is 25.3. The Kier molecular flexibility index (Phi) is 6.26. The fourth-order valence-electron chi connectivity index (χ4n) is 5.12. The fourth-order valence-corrected chi connectivity index (χ4v) is 5.12. The highest BCUT2D eigenvalue weighted by atomic mass is 15.2. The molecule has 6 heteroatoms. The molecule has 2 aromatic carbocycles. The molecule has 180 valence electrons. The Morgan fingerprint density at radius 1 is 0.944 bits per heavy atom. The first-order valence-electron chi connectivity index (χ1n) is 12.7. The molecule has 0 spiro atoms. The molecule has 0 aliphatic carbocycles. The Hall–Kier alpha value is -3.90. The molecule has 0 amide bonds. The normalized spacial score (nSPS) is 18.1. The van der Waals surface area contributed by atoms with Gasteiger partial charge in [-0.25, -0.2) is 0 Å². The zero-order valence-corrected chi connectivity index (χ0v) is 20.6. The highest BCUT2D eigenvalue weighted by Crippen LogP contribution is 2.38. The number of nitrogens with zero attached hydrogens (tertiary/aromatic N) is 5. The molecule has 0 radical (unpaired) electrons. The Labute approximate surface area is 211 Å². The van der Waals surface area contributed by atoms with Crippen LogP contribution in [0.15, 0.2) is 89.2 Å². The first kappa shape index (κ1) is 22.6. The van der Waals surface area contributed by atoms with E-state index in [2.05, 4.69) is 70.9 Å². The molecule has 6 rings (SSSR count). The van der Waals surface area contributed by atoms with Crippen molar-refractivity contribution in [3.05, 3.63) is 102 Å². The Morgan fingerprint density at radius 3 is 2.75 bits per heavy atom. The van der Waals surface area contributed by atoms with Crippen LogP contribution in [0.5, 0.6) is 0 Å². The zero-order chi connectivity index (χ0) is 24.3. The lowest BCUT2D eigenvalue weighted by atomic mass is 9.93. The Morgan fingerprint density at radius 2 is 1.86 bits per heavy atom. The summed E-state index contributed by atoms with van der Waals surface area (Å²) >= 11 is 0. The van der Waals surface area contributed by atoms with Crippen LogP contribution < -0.4 is 10.2 Å². The van der Waals surface area contributed by atoms with Gasteiger partial charge in [-0.1, -0.05) is 42.5 Å². The number of nitrogens with one attached hydrogen (secondary N) is 1. The highest BCUT2D eigenvalue weighted by molar-refractivity contribution is 5.96. The molecule has 1 fully saturated rings. The number of benzene rings is 2. The Bertz CT molecular complexity index is 1430. The van der Waals surface area contributed by atoms with E-state index < -0.39 is 0 Å². The minimum absolute atomic E-state index is 0.0681. The maximum absolute atomic E-state index is 4.87. The SMILES string of the molecule is Cc1cccc(C2=C(c3ccc4ncc(N5CCCNCC5)cc4c3)N=NC2Cc2ccccc2)n1. The van der Waals surface area contributed by atoms with Gasteiger partial charge in [0.2, 0.25) is 0 Å². The van der Waals surface area contributed by atoms with Gasteiger partial charge in [0.25, 0.3) is 0 Å². The average Bonchev–Trinajstić information content (AvgIpc) is 3.13. The van der Waals surface area contributed by atoms with Gasteiger partial charge >= 0.3 is 0 Å². The van der Waals surface area contributed by atoms with Gasteiger partial charge in [-0.05, 0) is 55.8 Å². The number of anilines is 1. The van der Waals surface area contributed by atoms with Crippen molar-refractivity contribution in [3.63, 3.8) is 0 Å². The van der Waals surface area contributed by atoms with Crippen molar-refractivity contribution in [1.82, 2.24) is 15.3 Å². The van der Waals surface area contributed by atoms with Crippen molar-refractivity contribution >= 4 is 27.9 Å². The molecule has 0 bridgehead atoms. The molecular weight excluding hydrogens is 444 g/mol. The van der Waals surface area contributed by atoms with Crippen molar-refractivity contribution in [2.75, 3.05) is 31.1 Å². The molecule has 1 unspecified atom stereocenters. The van der Waals surface area contributed by atoms with E-state index in [1.807, 2.05) is 25.3 Å². The highest BCUT2D eigenvalue weighted by Gasteiger charge is 2.28. The second-order valence-corrected chi connectivity index (χ2v) is 9.54. The second kappa shape index (κ2) is 9.99. The second-order valence-electron chi connectivity index (χ2n) is 9.54. The van der Waals surface area contributed by atoms with Gasteiger partial charge in [0.15, 0.2) is 0 Å². The quantitative estimate of drug-likeness (QED) is 0.404. The smallest absolute Gasteiger partial charge is 0.104 e. The van der Waals surface area contributed by atoms with E-state index in [9.17, 15) is 0 Å². The molecule has 2 aliphatic heterocycles. The topological polar surface area (TPSA) is 65.8 Å². The van der Waals surface area contributed by atoms with Crippen LogP contribution in [0, 0.1) is 6.92 Å². The lowest BCUT2D eigenvalue weighted by Gasteiger charge is -2.22. The van der Waals surface area contributed by atoms with Crippen LogP contribution in [0.3, 0.4) is 0 Å². The third-order valence-electron chi connectivity index (χ3n) is 6.97. The molecule has 4 aromatic rings. The summed E-state index contributed by atoms with van der Waals surface area (Å²) in [5, 5.41) is 14.1. The van der Waals surface area contributed by atoms with E-state index in [1.54, 1.807) is 0 Å². The molecule has 6 nitrogen and oxygen atoms in total. The van der Waals surface area contributed by atoms with E-state index in [0.29, 0.717) is 0 Å². The molecule has 36 heavy (non-hydrogen) atoms. The van der Waals surface area contributed by atoms with Gasteiger partial charge in [0.05, 0.1) is 23.1 Å². The summed E-state index contributed by atoms with van der Waals surface area (Å²) in [5.74, 6) is 0. The zero-order valence-electron chi connectivity index (χ0n) is 20.6. The van der Waals surface area contributed by atoms with E-state index >= 15 is 0 Å². The third-order valence-corrected chi connectivity index (χ3v) is 6.97. The predicted molar refractivity (Wildman–Crippen MR) is 146 cm³/mol. The van der Waals surface area contributed by atoms with Crippen LogP contribution in [0.25, 0.3) is 22.2 Å². The van der Waals surface area contributed by atoms with Crippen molar-refractivity contribution < 1.29 is 0 Å². The molecule has 4 heterocycles. The lowest BCUT2D eigenvalue weighted by molar-refractivity contribution is 0.724. The minimum Gasteiger partial charge on any atom is -0.369 e. The van der Waals surface area contributed by atoms with E-state index in [0.717, 1.165) is 78.1 Å². The number of rotatable bonds is 5. The van der Waals surface area contributed by atoms with Gasteiger partial charge in [-0.2, -0.15) is 10.2 Å². The van der Waals surface area contributed by atoms with Gasteiger partial charge in [0, 0.05) is 48.3 Å². The average molecular weight is 475 g/mol. The number of aromatic nitrogens is 2. The number of fused-ring (bicyclic) bond motifs is 1. The van der Waals surface area contributed by atoms with Crippen molar-refractivity contribution in [3.8, 4) is 0 Å². The summed E-state index contributed by atoms with van der Waals surface area (Å²) in [6.07, 6.45) is 3.93. The number of hydrogen-bond donors (Lipinski definition) is 1. The summed E-state index contributed by atoms with van der Waals surface area (Å²) < 4.78 is 0. The van der Waals surface area contributed by atoms with Crippen LogP contribution in [0.4, 0.5) is 5.69 Å². The van der Waals surface area contributed by atoms with Crippen molar-refractivity contribution in [1.29, 1.82) is 0 Å². The predicted octanol–water partition coefficient (Wildman–Crippen LogP) is 5.68. The van der Waals surface area contributed by atoms with Gasteiger partial charge in [-0.15, -0.1) is 0 Å². The van der Waals surface area contributed by atoms with Crippen molar-refractivity contribution in [2.45, 2.75) is 25.8 Å². The number of pyridine rings is 2. The molecule has 1 atom stereocenters. The van der Waals surface area contributed by atoms with Crippen LogP contribution in [-0.4, -0.2) is 42.2 Å². The maximum Gasteiger partial charge on any atom is 0.104 e. The molecule has 1 N–H and O–H groups in total. The van der Waals surface area contributed by atoms with Gasteiger partial charge in [-0.3, -0.25) is 9.97 Å². The molecule has 2 aromatic heterocycles. The standard InChI is InChI=1S/C30H30N6/c1-21-7-5-10-27(33-21)29-28(17-22-8-3-2-4-9-22)34-35-30(29)23-11-12-26-24(18-23)19-25(20-32-26)36-15-6-13-31-14-16-36/h2-5,7-12,18-20,28,31H,6,13-17H2,1H3. The summed E-state index contributed by atoms with van der Waals surface area (Å²) in [7, 11) is 0. The summed E-state index contributed by atoms with van der Waals surface area (Å²) in [6.45, 7) is 6.14.